The topological polar surface area (TPSA) is 57.2 Å². The number of nitrogens with zero attached hydrogens (tertiary/aromatic N) is 1. The van der Waals surface area contributed by atoms with Gasteiger partial charge in [0.15, 0.2) is 0 Å². The molecule has 0 aliphatic carbocycles. The van der Waals surface area contributed by atoms with Gasteiger partial charge in [-0.1, -0.05) is 0 Å². The SMILES string of the molecule is COP12(OC(C)(C)C=C1C(=O)N(C)C)OC(C)(C)C(C)(C)O2. The van der Waals surface area contributed by atoms with Crippen LogP contribution in [0.3, 0.4) is 0 Å². The summed E-state index contributed by atoms with van der Waals surface area (Å²) in [6, 6.07) is 0. The summed E-state index contributed by atoms with van der Waals surface area (Å²) in [7, 11) is 0.666. The van der Waals surface area contributed by atoms with E-state index in [0.717, 1.165) is 0 Å². The van der Waals surface area contributed by atoms with Gasteiger partial charge in [-0.05, 0) is 0 Å². The molecule has 2 aliphatic rings. The van der Waals surface area contributed by atoms with Crippen molar-refractivity contribution in [3.05, 3.63) is 11.4 Å². The Morgan fingerprint density at radius 2 is 1.50 bits per heavy atom. The fraction of sp³-hybridized carbons (Fsp3) is 0.800. The van der Waals surface area contributed by atoms with E-state index in [9.17, 15) is 4.79 Å². The molecule has 6 nitrogen and oxygen atoms in total. The van der Waals surface area contributed by atoms with Crippen LogP contribution in [0.5, 0.6) is 0 Å². The summed E-state index contributed by atoms with van der Waals surface area (Å²) in [5, 5.41) is 0.335. The predicted molar refractivity (Wildman–Crippen MR) is 86.2 cm³/mol. The van der Waals surface area contributed by atoms with Gasteiger partial charge in [-0.3, -0.25) is 0 Å². The van der Waals surface area contributed by atoms with Gasteiger partial charge < -0.3 is 0 Å². The van der Waals surface area contributed by atoms with E-state index in [1.807, 2.05) is 41.5 Å². The van der Waals surface area contributed by atoms with Crippen LogP contribution in [0.2, 0.25) is 0 Å². The van der Waals surface area contributed by atoms with E-state index < -0.39 is 24.3 Å². The number of hydrogen-bond donors (Lipinski definition) is 0. The Bertz CT molecular complexity index is 534. The van der Waals surface area contributed by atoms with E-state index in [4.69, 9.17) is 18.1 Å². The maximum absolute atomic E-state index is 12.8. The third-order valence-electron chi connectivity index (χ3n) is 4.43. The summed E-state index contributed by atoms with van der Waals surface area (Å²) >= 11 is 0. The Kier molecular flexibility index (Phi) is 3.66. The van der Waals surface area contributed by atoms with Crippen molar-refractivity contribution in [1.29, 1.82) is 0 Å². The van der Waals surface area contributed by atoms with E-state index >= 15 is 0 Å². The molecule has 1 amide bonds. The van der Waals surface area contributed by atoms with Crippen molar-refractivity contribution in [2.24, 2.45) is 0 Å². The molecule has 7 heteroatoms. The van der Waals surface area contributed by atoms with Gasteiger partial charge >= 0.3 is 132 Å². The molecule has 0 N–H and O–H groups in total. The molecule has 2 heterocycles. The summed E-state index contributed by atoms with van der Waals surface area (Å²) in [5.41, 5.74) is -2.06. The molecule has 0 unspecified atom stereocenters. The van der Waals surface area contributed by atoms with Crippen molar-refractivity contribution in [3.63, 3.8) is 0 Å². The summed E-state index contributed by atoms with van der Waals surface area (Å²) in [5.74, 6) is -0.224. The standard InChI is InChI=1S/C15H28NO5P/c1-13(2)10-11(12(17)16(7)8)22(18-9,19-13)20-14(3,4)15(5,6)21-22/h10H,1-9H3. The van der Waals surface area contributed by atoms with Crippen LogP contribution >= 0.6 is 7.51 Å². The monoisotopic (exact) mass is 333 g/mol. The minimum absolute atomic E-state index is 0.224. The van der Waals surface area contributed by atoms with E-state index in [0.29, 0.717) is 5.31 Å². The number of likely N-dealkylation sites (N-methyl/N-ethyl adjacent to an activating group) is 1. The van der Waals surface area contributed by atoms with Gasteiger partial charge in [-0.2, -0.15) is 0 Å². The molecule has 2 rings (SSSR count). The zero-order valence-electron chi connectivity index (χ0n) is 15.0. The van der Waals surface area contributed by atoms with Crippen molar-refractivity contribution in [1.82, 2.24) is 4.90 Å². The number of amides is 1. The zero-order valence-corrected chi connectivity index (χ0v) is 15.9. The van der Waals surface area contributed by atoms with Crippen LogP contribution in [0.1, 0.15) is 41.5 Å². The average molecular weight is 333 g/mol. The molecule has 22 heavy (non-hydrogen) atoms. The Labute approximate surface area is 133 Å². The number of hydrogen-bond acceptors (Lipinski definition) is 5. The molecule has 1 spiro atoms. The average Bonchev–Trinajstić information content (AvgIpc) is 2.64. The Morgan fingerprint density at radius 3 is 1.86 bits per heavy atom. The maximum atomic E-state index is 12.8. The van der Waals surface area contributed by atoms with Crippen LogP contribution < -0.4 is 0 Å². The van der Waals surface area contributed by atoms with Crippen molar-refractivity contribution in [2.45, 2.75) is 58.3 Å². The number of rotatable bonds is 2. The molecule has 0 atom stereocenters. The fourth-order valence-electron chi connectivity index (χ4n) is 2.73. The van der Waals surface area contributed by atoms with Crippen LogP contribution in [0.25, 0.3) is 0 Å². The molecule has 128 valence electrons. The number of carbonyl (C=O) groups is 1. The van der Waals surface area contributed by atoms with E-state index in [2.05, 4.69) is 0 Å². The molecular weight excluding hydrogens is 305 g/mol. The molecule has 0 saturated carbocycles. The summed E-state index contributed by atoms with van der Waals surface area (Å²) in [4.78, 5) is 14.2. The van der Waals surface area contributed by atoms with Crippen molar-refractivity contribution in [3.8, 4) is 0 Å². The second-order valence-corrected chi connectivity index (χ2v) is 10.6. The normalized spacial score (nSPS) is 31.3. The Hall–Kier alpha value is -0.520. The van der Waals surface area contributed by atoms with E-state index in [1.165, 1.54) is 12.0 Å². The molecule has 1 saturated heterocycles. The third kappa shape index (κ3) is 2.24. The summed E-state index contributed by atoms with van der Waals surface area (Å²) < 4.78 is 24.6. The van der Waals surface area contributed by atoms with Crippen LogP contribution in [0.15, 0.2) is 11.4 Å². The molecule has 0 aromatic carbocycles. The molecule has 0 bridgehead atoms. The minimum atomic E-state index is -4.18. The first-order valence-corrected chi connectivity index (χ1v) is 9.28. The molecular formula is C15H28NO5P. The number of carbonyl (C=O) groups excluding carboxylic acids is 1. The second kappa shape index (κ2) is 4.52. The van der Waals surface area contributed by atoms with Crippen LogP contribution in [-0.2, 0) is 22.9 Å². The van der Waals surface area contributed by atoms with Gasteiger partial charge in [-0.15, -0.1) is 0 Å². The quantitative estimate of drug-likeness (QED) is 0.726. The molecule has 0 aromatic heterocycles. The summed E-state index contributed by atoms with van der Waals surface area (Å²) in [6.45, 7) is 11.4. The van der Waals surface area contributed by atoms with Crippen LogP contribution in [-0.4, -0.2) is 48.8 Å². The van der Waals surface area contributed by atoms with Crippen molar-refractivity contribution in [2.75, 3.05) is 21.2 Å². The first-order chi connectivity index (χ1) is 9.70. The Balaban J connectivity index is 2.69. The van der Waals surface area contributed by atoms with Gasteiger partial charge in [-0.25, -0.2) is 0 Å². The van der Waals surface area contributed by atoms with Crippen LogP contribution in [0, 0.1) is 0 Å². The first-order valence-electron chi connectivity index (χ1n) is 7.37. The third-order valence-corrected chi connectivity index (χ3v) is 8.50. The van der Waals surface area contributed by atoms with Gasteiger partial charge in [0.25, 0.3) is 0 Å². The van der Waals surface area contributed by atoms with E-state index in [1.54, 1.807) is 20.2 Å². The summed E-state index contributed by atoms with van der Waals surface area (Å²) in [6.07, 6.45) is 1.76. The fourth-order valence-corrected chi connectivity index (χ4v) is 7.47. The Morgan fingerprint density at radius 1 is 1.05 bits per heavy atom. The van der Waals surface area contributed by atoms with Crippen molar-refractivity contribution < 1.29 is 22.9 Å². The molecule has 1 fully saturated rings. The molecule has 2 aliphatic heterocycles. The zero-order chi connectivity index (χ0) is 17.2. The van der Waals surface area contributed by atoms with Gasteiger partial charge in [0.2, 0.25) is 0 Å². The second-order valence-electron chi connectivity index (χ2n) is 7.62. The van der Waals surface area contributed by atoms with Crippen LogP contribution in [0.4, 0.5) is 0 Å². The predicted octanol–water partition coefficient (Wildman–Crippen LogP) is 3.23. The van der Waals surface area contributed by atoms with Gasteiger partial charge in [0.1, 0.15) is 0 Å². The molecule has 0 radical (unpaired) electrons. The van der Waals surface area contributed by atoms with Gasteiger partial charge in [0, 0.05) is 0 Å². The van der Waals surface area contributed by atoms with Crippen molar-refractivity contribution >= 4 is 13.4 Å². The first kappa shape index (κ1) is 17.8. The molecule has 0 aromatic rings. The van der Waals surface area contributed by atoms with Gasteiger partial charge in [0.05, 0.1) is 0 Å². The van der Waals surface area contributed by atoms with E-state index in [-0.39, 0.29) is 5.91 Å².